The highest BCUT2D eigenvalue weighted by Gasteiger charge is 2.20. The fraction of sp³-hybridized carbons (Fsp3) is 0.0588. The van der Waals surface area contributed by atoms with E-state index < -0.39 is 11.4 Å². The number of halogens is 5. The van der Waals surface area contributed by atoms with E-state index in [0.29, 0.717) is 38.1 Å². The van der Waals surface area contributed by atoms with Crippen LogP contribution in [0, 0.1) is 25.5 Å². The zero-order chi connectivity index (χ0) is 31.4. The second kappa shape index (κ2) is 13.5. The van der Waals surface area contributed by atoms with E-state index in [2.05, 4.69) is 20.4 Å². The van der Waals surface area contributed by atoms with Gasteiger partial charge in [-0.3, -0.25) is 4.79 Å². The second-order valence-corrected chi connectivity index (χ2v) is 10.9. The molecule has 0 radical (unpaired) electrons. The fourth-order valence-corrected chi connectivity index (χ4v) is 5.30. The molecule has 44 heavy (non-hydrogen) atoms. The highest BCUT2D eigenvalue weighted by molar-refractivity contribution is 6.33. The summed E-state index contributed by atoms with van der Waals surface area (Å²) in [5.41, 5.74) is 5.28. The number of aromatic amines is 1. The Balaban J connectivity index is 0.000000175. The summed E-state index contributed by atoms with van der Waals surface area (Å²) in [5, 5.41) is 15.8. The number of aromatic nitrogens is 4. The summed E-state index contributed by atoms with van der Waals surface area (Å²) < 4.78 is 28.4. The first kappa shape index (κ1) is 31.0. The molecule has 0 unspecified atom stereocenters. The minimum Gasteiger partial charge on any atom is -0.267 e. The van der Waals surface area contributed by atoms with Crippen LogP contribution in [0.15, 0.2) is 102 Å². The Hall–Kier alpha value is -4.43. The zero-order valence-electron chi connectivity index (χ0n) is 23.4. The Bertz CT molecular complexity index is 2010. The predicted octanol–water partition coefficient (Wildman–Crippen LogP) is 9.77. The molecular weight excluding hydrogens is 625 g/mol. The molecular formula is C34H23Cl3F2N4O. The number of aryl methyl sites for hydroxylation is 2. The molecule has 6 aromatic rings. The number of benzene rings is 4. The van der Waals surface area contributed by atoms with E-state index >= 15 is 0 Å². The SMILES string of the molecule is Cc1n[nH]c(=O)c(-c2ccccc2F)c1-c1ccc(Cl)cc1.Cc1nnc(Cl)c(-c2ccccc2F)c1-c1ccc(Cl)cc1. The van der Waals surface area contributed by atoms with E-state index in [4.69, 9.17) is 34.8 Å². The quantitative estimate of drug-likeness (QED) is 0.207. The van der Waals surface area contributed by atoms with Gasteiger partial charge < -0.3 is 0 Å². The summed E-state index contributed by atoms with van der Waals surface area (Å²) in [6, 6.07) is 26.9. The Kier molecular flexibility index (Phi) is 9.49. The molecule has 5 nitrogen and oxygen atoms in total. The van der Waals surface area contributed by atoms with Gasteiger partial charge in [-0.25, -0.2) is 13.9 Å². The highest BCUT2D eigenvalue weighted by atomic mass is 35.5. The Morgan fingerprint density at radius 1 is 0.568 bits per heavy atom. The molecule has 0 fully saturated rings. The molecule has 0 aliphatic heterocycles. The van der Waals surface area contributed by atoms with Crippen molar-refractivity contribution in [3.63, 3.8) is 0 Å². The third-order valence-corrected chi connectivity index (χ3v) is 7.59. The first-order valence-corrected chi connectivity index (χ1v) is 14.4. The van der Waals surface area contributed by atoms with Crippen molar-refractivity contribution in [2.45, 2.75) is 13.8 Å². The van der Waals surface area contributed by atoms with Crippen molar-refractivity contribution in [1.82, 2.24) is 20.4 Å². The molecule has 0 aliphatic rings. The van der Waals surface area contributed by atoms with Crippen molar-refractivity contribution < 1.29 is 8.78 Å². The smallest absolute Gasteiger partial charge is 0.267 e. The summed E-state index contributed by atoms with van der Waals surface area (Å²) >= 11 is 18.1. The summed E-state index contributed by atoms with van der Waals surface area (Å²) in [5.74, 6) is -0.805. The maximum Gasteiger partial charge on any atom is 0.272 e. The molecule has 0 aliphatic carbocycles. The van der Waals surface area contributed by atoms with Crippen LogP contribution in [0.25, 0.3) is 44.5 Å². The van der Waals surface area contributed by atoms with Crippen molar-refractivity contribution >= 4 is 34.8 Å². The fourth-order valence-electron chi connectivity index (χ4n) is 4.81. The van der Waals surface area contributed by atoms with Crippen molar-refractivity contribution in [3.05, 3.63) is 146 Å². The average Bonchev–Trinajstić information content (AvgIpc) is 3.02. The van der Waals surface area contributed by atoms with Crippen LogP contribution in [0.5, 0.6) is 0 Å². The van der Waals surface area contributed by atoms with Gasteiger partial charge in [0.1, 0.15) is 11.6 Å². The lowest BCUT2D eigenvalue weighted by Crippen LogP contribution is -2.14. The topological polar surface area (TPSA) is 71.5 Å². The van der Waals surface area contributed by atoms with Gasteiger partial charge in [0, 0.05) is 37.9 Å². The zero-order valence-corrected chi connectivity index (χ0v) is 25.6. The number of hydrogen-bond acceptors (Lipinski definition) is 4. The lowest BCUT2D eigenvalue weighted by atomic mass is 9.94. The van der Waals surface area contributed by atoms with Crippen LogP contribution in [0.4, 0.5) is 8.78 Å². The summed E-state index contributed by atoms with van der Waals surface area (Å²) in [6.45, 7) is 3.59. The van der Waals surface area contributed by atoms with E-state index in [-0.39, 0.29) is 22.1 Å². The van der Waals surface area contributed by atoms with Gasteiger partial charge in [-0.2, -0.15) is 10.2 Å². The predicted molar refractivity (Wildman–Crippen MR) is 173 cm³/mol. The minimum absolute atomic E-state index is 0.167. The lowest BCUT2D eigenvalue weighted by Gasteiger charge is -2.14. The monoisotopic (exact) mass is 646 g/mol. The second-order valence-electron chi connectivity index (χ2n) is 9.69. The van der Waals surface area contributed by atoms with Gasteiger partial charge in [0.25, 0.3) is 5.56 Å². The Labute approximate surface area is 267 Å². The van der Waals surface area contributed by atoms with Crippen LogP contribution in [-0.4, -0.2) is 20.4 Å². The minimum atomic E-state index is -0.450. The third kappa shape index (κ3) is 6.55. The third-order valence-electron chi connectivity index (χ3n) is 6.82. The molecule has 1 N–H and O–H groups in total. The standard InChI is InChI=1S/C17H11Cl2FN2.C17H12ClFN2O/c1-10-15(11-6-8-12(18)9-7-11)16(17(19)22-21-10)13-4-2-3-5-14(13)20;1-10-15(11-6-8-12(18)9-7-11)16(17(22)21-20-10)13-4-2-3-5-14(13)19/h2-9H,1H3;2-9H,1H3,(H,21,22). The summed E-state index contributed by atoms with van der Waals surface area (Å²) in [7, 11) is 0. The molecule has 2 aromatic heterocycles. The van der Waals surface area contributed by atoms with E-state index in [1.54, 1.807) is 79.7 Å². The molecule has 4 aromatic carbocycles. The maximum atomic E-state index is 14.2. The molecule has 0 saturated carbocycles. The molecule has 0 atom stereocenters. The van der Waals surface area contributed by atoms with E-state index in [1.165, 1.54) is 12.1 Å². The molecule has 220 valence electrons. The number of nitrogens with zero attached hydrogens (tertiary/aromatic N) is 3. The van der Waals surface area contributed by atoms with Crippen LogP contribution in [0.2, 0.25) is 15.2 Å². The van der Waals surface area contributed by atoms with Crippen LogP contribution in [0.1, 0.15) is 11.4 Å². The van der Waals surface area contributed by atoms with Gasteiger partial charge in [-0.1, -0.05) is 95.5 Å². The number of rotatable bonds is 4. The lowest BCUT2D eigenvalue weighted by molar-refractivity contribution is 0.630. The summed E-state index contributed by atoms with van der Waals surface area (Å²) in [4.78, 5) is 12.3. The van der Waals surface area contributed by atoms with Crippen molar-refractivity contribution in [3.8, 4) is 44.5 Å². The van der Waals surface area contributed by atoms with Gasteiger partial charge >= 0.3 is 0 Å². The van der Waals surface area contributed by atoms with Crippen LogP contribution in [-0.2, 0) is 0 Å². The normalized spacial score (nSPS) is 10.7. The van der Waals surface area contributed by atoms with Gasteiger partial charge in [0.15, 0.2) is 5.15 Å². The average molecular weight is 648 g/mol. The molecule has 6 rings (SSSR count). The van der Waals surface area contributed by atoms with E-state index in [9.17, 15) is 13.6 Å². The molecule has 0 spiro atoms. The largest absolute Gasteiger partial charge is 0.272 e. The van der Waals surface area contributed by atoms with Gasteiger partial charge in [-0.15, -0.1) is 5.10 Å². The number of hydrogen-bond donors (Lipinski definition) is 1. The molecule has 10 heteroatoms. The first-order chi connectivity index (χ1) is 21.2. The number of H-pyrrole nitrogens is 1. The highest BCUT2D eigenvalue weighted by Crippen LogP contribution is 2.39. The molecule has 0 amide bonds. The first-order valence-electron chi connectivity index (χ1n) is 13.3. The van der Waals surface area contributed by atoms with Crippen molar-refractivity contribution in [2.75, 3.05) is 0 Å². The maximum absolute atomic E-state index is 14.2. The van der Waals surface area contributed by atoms with Crippen LogP contribution < -0.4 is 5.56 Å². The Morgan fingerprint density at radius 2 is 1.02 bits per heavy atom. The van der Waals surface area contributed by atoms with Gasteiger partial charge in [0.05, 0.1) is 17.0 Å². The van der Waals surface area contributed by atoms with Crippen LogP contribution >= 0.6 is 34.8 Å². The molecule has 0 saturated heterocycles. The Morgan fingerprint density at radius 3 is 1.52 bits per heavy atom. The summed E-state index contributed by atoms with van der Waals surface area (Å²) in [6.07, 6.45) is 0. The van der Waals surface area contributed by atoms with Crippen molar-refractivity contribution in [1.29, 1.82) is 0 Å². The van der Waals surface area contributed by atoms with E-state index in [0.717, 1.165) is 16.7 Å². The van der Waals surface area contributed by atoms with E-state index in [1.807, 2.05) is 19.1 Å². The molecule has 0 bridgehead atoms. The van der Waals surface area contributed by atoms with Gasteiger partial charge in [-0.05, 0) is 61.4 Å². The van der Waals surface area contributed by atoms with Gasteiger partial charge in [0.2, 0.25) is 0 Å². The number of nitrogens with one attached hydrogen (secondary N) is 1. The van der Waals surface area contributed by atoms with Crippen molar-refractivity contribution in [2.24, 2.45) is 0 Å². The van der Waals surface area contributed by atoms with Crippen LogP contribution in [0.3, 0.4) is 0 Å². The molecule has 2 heterocycles.